The summed E-state index contributed by atoms with van der Waals surface area (Å²) in [7, 11) is 0. The second-order valence-corrected chi connectivity index (χ2v) is 7.74. The highest BCUT2D eigenvalue weighted by molar-refractivity contribution is 5.86. The van der Waals surface area contributed by atoms with Crippen molar-refractivity contribution in [2.75, 3.05) is 18.0 Å². The zero-order valence-electron chi connectivity index (χ0n) is 15.6. The third kappa shape index (κ3) is 2.57. The first kappa shape index (κ1) is 17.2. The molecule has 4 rings (SSSR count). The van der Waals surface area contributed by atoms with E-state index < -0.39 is 5.60 Å². The van der Waals surface area contributed by atoms with Gasteiger partial charge in [0, 0.05) is 24.4 Å². The number of allylic oxidation sites excluding steroid dienone is 2. The molecule has 1 aromatic rings. The van der Waals surface area contributed by atoms with Gasteiger partial charge in [-0.3, -0.25) is 0 Å². The summed E-state index contributed by atoms with van der Waals surface area (Å²) in [6.45, 7) is 5.99. The van der Waals surface area contributed by atoms with Gasteiger partial charge in [-0.2, -0.15) is 15.8 Å². The topological polar surface area (TPSA) is 83.8 Å². The van der Waals surface area contributed by atoms with Crippen molar-refractivity contribution in [3.8, 4) is 18.2 Å². The molecule has 0 aliphatic carbocycles. The predicted octanol–water partition coefficient (Wildman–Crippen LogP) is 3.77. The Bertz CT molecular complexity index is 977. The number of aryl methyl sites for hydroxylation is 2. The lowest BCUT2D eigenvalue weighted by molar-refractivity contribution is 0.109. The minimum Gasteiger partial charge on any atom is -0.480 e. The molecule has 3 aliphatic rings. The SMILES string of the molecule is CC1(C)OC(=C(C#N)C#N)C(C#N)=C1c1cc2c3c(c1)CCCN3CCC2. The molecule has 0 N–H and O–H groups in total. The molecule has 3 aliphatic heterocycles. The van der Waals surface area contributed by atoms with E-state index in [2.05, 4.69) is 23.1 Å². The molecule has 0 saturated carbocycles. The van der Waals surface area contributed by atoms with Crippen molar-refractivity contribution in [2.24, 2.45) is 0 Å². The van der Waals surface area contributed by atoms with Gasteiger partial charge >= 0.3 is 0 Å². The molecule has 134 valence electrons. The number of hydrogen-bond acceptors (Lipinski definition) is 5. The Hall–Kier alpha value is -3.23. The van der Waals surface area contributed by atoms with Crippen molar-refractivity contribution in [1.82, 2.24) is 0 Å². The number of ether oxygens (including phenoxy) is 1. The van der Waals surface area contributed by atoms with Crippen molar-refractivity contribution in [3.05, 3.63) is 45.7 Å². The average molecular weight is 356 g/mol. The van der Waals surface area contributed by atoms with E-state index in [1.54, 1.807) is 0 Å². The normalized spacial score (nSPS) is 19.5. The van der Waals surface area contributed by atoms with Crippen LogP contribution in [-0.4, -0.2) is 18.7 Å². The minimum atomic E-state index is -0.774. The van der Waals surface area contributed by atoms with Crippen LogP contribution in [-0.2, 0) is 17.6 Å². The van der Waals surface area contributed by atoms with Crippen molar-refractivity contribution in [2.45, 2.75) is 45.1 Å². The Morgan fingerprint density at radius 2 is 1.63 bits per heavy atom. The summed E-state index contributed by atoms with van der Waals surface area (Å²) in [4.78, 5) is 2.48. The van der Waals surface area contributed by atoms with E-state index in [1.165, 1.54) is 16.8 Å². The molecule has 0 fully saturated rings. The van der Waals surface area contributed by atoms with Gasteiger partial charge in [0.2, 0.25) is 0 Å². The molecule has 0 radical (unpaired) electrons. The molecule has 1 aromatic carbocycles. The van der Waals surface area contributed by atoms with E-state index in [-0.39, 0.29) is 11.3 Å². The molecule has 0 spiro atoms. The van der Waals surface area contributed by atoms with Gasteiger partial charge in [0.25, 0.3) is 0 Å². The maximum atomic E-state index is 9.81. The highest BCUT2D eigenvalue weighted by atomic mass is 16.5. The molecular formula is C22H20N4O. The molecule has 3 heterocycles. The predicted molar refractivity (Wildman–Crippen MR) is 101 cm³/mol. The molecule has 0 bridgehead atoms. The van der Waals surface area contributed by atoms with Gasteiger partial charge in [-0.15, -0.1) is 0 Å². The Morgan fingerprint density at radius 3 is 2.15 bits per heavy atom. The van der Waals surface area contributed by atoms with Crippen LogP contribution in [0.15, 0.2) is 29.0 Å². The minimum absolute atomic E-state index is 0.107. The summed E-state index contributed by atoms with van der Waals surface area (Å²) in [5.41, 5.74) is 5.14. The maximum Gasteiger partial charge on any atom is 0.172 e. The lowest BCUT2D eigenvalue weighted by atomic mass is 9.83. The van der Waals surface area contributed by atoms with Crippen LogP contribution in [0, 0.1) is 34.0 Å². The molecule has 0 unspecified atom stereocenters. The Balaban J connectivity index is 1.96. The monoisotopic (exact) mass is 356 g/mol. The summed E-state index contributed by atoms with van der Waals surface area (Å²) in [5.74, 6) is 0.107. The Labute approximate surface area is 159 Å². The molecule has 0 aromatic heterocycles. The summed E-state index contributed by atoms with van der Waals surface area (Å²) in [6.07, 6.45) is 4.34. The van der Waals surface area contributed by atoms with Crippen LogP contribution in [0.1, 0.15) is 43.4 Å². The number of nitriles is 3. The fourth-order valence-corrected chi connectivity index (χ4v) is 4.62. The first-order valence-electron chi connectivity index (χ1n) is 9.30. The molecular weight excluding hydrogens is 336 g/mol. The van der Waals surface area contributed by atoms with Gasteiger partial charge in [-0.05, 0) is 68.4 Å². The second kappa shape index (κ2) is 6.19. The van der Waals surface area contributed by atoms with Gasteiger partial charge in [0.05, 0.1) is 0 Å². The van der Waals surface area contributed by atoms with E-state index in [9.17, 15) is 15.8 Å². The van der Waals surface area contributed by atoms with Crippen LogP contribution in [0.5, 0.6) is 0 Å². The van der Waals surface area contributed by atoms with Gasteiger partial charge in [0.1, 0.15) is 29.4 Å². The van der Waals surface area contributed by atoms with Gasteiger partial charge in [0.15, 0.2) is 11.3 Å². The molecule has 27 heavy (non-hydrogen) atoms. The summed E-state index contributed by atoms with van der Waals surface area (Å²) >= 11 is 0. The highest BCUT2D eigenvalue weighted by Gasteiger charge is 2.41. The van der Waals surface area contributed by atoms with E-state index in [1.807, 2.05) is 26.0 Å². The molecule has 5 nitrogen and oxygen atoms in total. The van der Waals surface area contributed by atoms with Crippen LogP contribution in [0.3, 0.4) is 0 Å². The fraction of sp³-hybridized carbons (Fsp3) is 0.409. The lowest BCUT2D eigenvalue weighted by Gasteiger charge is -2.37. The average Bonchev–Trinajstić information content (AvgIpc) is 2.93. The standard InChI is InChI=1S/C22H20N4O/c1-22(2)19(18(13-25)21(27-22)17(11-23)12-24)16-9-14-5-3-7-26-8-4-6-15(10-16)20(14)26/h9-10H,3-8H2,1-2H3. The Morgan fingerprint density at radius 1 is 1.04 bits per heavy atom. The van der Waals surface area contributed by atoms with Crippen molar-refractivity contribution in [1.29, 1.82) is 15.8 Å². The third-order valence-corrected chi connectivity index (χ3v) is 5.62. The zero-order valence-corrected chi connectivity index (χ0v) is 15.6. The van der Waals surface area contributed by atoms with E-state index >= 15 is 0 Å². The van der Waals surface area contributed by atoms with E-state index in [0.717, 1.165) is 49.9 Å². The quantitative estimate of drug-likeness (QED) is 0.715. The lowest BCUT2D eigenvalue weighted by Crippen LogP contribution is -2.34. The summed E-state index contributed by atoms with van der Waals surface area (Å²) in [5, 5.41) is 28.3. The highest BCUT2D eigenvalue weighted by Crippen LogP contribution is 2.47. The largest absolute Gasteiger partial charge is 0.480 e. The number of benzene rings is 1. The van der Waals surface area contributed by atoms with Crippen LogP contribution in [0.4, 0.5) is 5.69 Å². The summed E-state index contributed by atoms with van der Waals surface area (Å²) in [6, 6.07) is 10.3. The smallest absolute Gasteiger partial charge is 0.172 e. The number of rotatable bonds is 1. The van der Waals surface area contributed by atoms with Crippen molar-refractivity contribution < 1.29 is 4.74 Å². The van der Waals surface area contributed by atoms with Crippen LogP contribution < -0.4 is 4.90 Å². The molecule has 0 saturated heterocycles. The van der Waals surface area contributed by atoms with Gasteiger partial charge < -0.3 is 9.64 Å². The van der Waals surface area contributed by atoms with Crippen LogP contribution in [0.2, 0.25) is 0 Å². The van der Waals surface area contributed by atoms with Gasteiger partial charge in [-0.25, -0.2) is 0 Å². The number of nitrogens with zero attached hydrogens (tertiary/aromatic N) is 4. The first-order valence-corrected chi connectivity index (χ1v) is 9.30. The summed E-state index contributed by atoms with van der Waals surface area (Å²) < 4.78 is 5.94. The molecule has 5 heteroatoms. The Kier molecular flexibility index (Phi) is 3.94. The molecule has 0 amide bonds. The molecule has 0 atom stereocenters. The zero-order chi connectivity index (χ0) is 19.2. The van der Waals surface area contributed by atoms with Crippen molar-refractivity contribution in [3.63, 3.8) is 0 Å². The van der Waals surface area contributed by atoms with Crippen LogP contribution >= 0.6 is 0 Å². The second-order valence-electron chi connectivity index (χ2n) is 7.74. The number of anilines is 1. The first-order chi connectivity index (χ1) is 13.0. The van der Waals surface area contributed by atoms with Crippen LogP contribution in [0.25, 0.3) is 5.57 Å². The van der Waals surface area contributed by atoms with Crippen molar-refractivity contribution >= 4 is 11.3 Å². The number of hydrogen-bond donors (Lipinski definition) is 0. The third-order valence-electron chi connectivity index (χ3n) is 5.62. The van der Waals surface area contributed by atoms with E-state index in [0.29, 0.717) is 5.57 Å². The fourth-order valence-electron chi connectivity index (χ4n) is 4.62. The van der Waals surface area contributed by atoms with Gasteiger partial charge in [-0.1, -0.05) is 0 Å². The maximum absolute atomic E-state index is 9.81. The van der Waals surface area contributed by atoms with E-state index in [4.69, 9.17) is 4.74 Å².